The number of hydrogen-bond donors (Lipinski definition) is 2. The minimum atomic E-state index is -4.83. The van der Waals surface area contributed by atoms with Gasteiger partial charge in [0.25, 0.3) is 10.0 Å². The number of hydrogen-bond acceptors (Lipinski definition) is 5. The van der Waals surface area contributed by atoms with Crippen molar-refractivity contribution < 1.29 is 36.2 Å². The maximum Gasteiger partial charge on any atom is 0.573 e. The first-order valence-electron chi connectivity index (χ1n) is 8.28. The Bertz CT molecular complexity index is 1190. The van der Waals surface area contributed by atoms with E-state index in [2.05, 4.69) is 9.46 Å². The zero-order valence-corrected chi connectivity index (χ0v) is 16.9. The van der Waals surface area contributed by atoms with Crippen LogP contribution in [0.3, 0.4) is 0 Å². The van der Waals surface area contributed by atoms with E-state index in [9.17, 15) is 31.5 Å². The molecule has 3 rings (SSSR count). The predicted molar refractivity (Wildman–Crippen MR) is 105 cm³/mol. The lowest BCUT2D eigenvalue weighted by molar-refractivity contribution is -0.274. The molecule has 2 aromatic carbocycles. The highest BCUT2D eigenvalue weighted by Crippen LogP contribution is 2.37. The molecule has 158 valence electrons. The summed E-state index contributed by atoms with van der Waals surface area (Å²) in [6.07, 6.45) is -4.83. The second kappa shape index (κ2) is 8.00. The summed E-state index contributed by atoms with van der Waals surface area (Å²) in [5.74, 6) is -1.77. The maximum absolute atomic E-state index is 12.7. The molecule has 6 nitrogen and oxygen atoms in total. The van der Waals surface area contributed by atoms with Crippen LogP contribution >= 0.6 is 11.3 Å². The molecule has 0 spiro atoms. The molecule has 0 fully saturated rings. The summed E-state index contributed by atoms with van der Waals surface area (Å²) in [5, 5.41) is 9.45. The summed E-state index contributed by atoms with van der Waals surface area (Å²) in [4.78, 5) is 11.7. The number of benzene rings is 2. The standard InChI is InChI=1S/C19H14F3NO5S2/c1-11-4-2-3-5-16(11)30(26,27)23-14-10-15(29-17(14)18(24)25)12-6-8-13(9-7-12)28-19(20,21)22/h2-10,23H,1H3,(H,24,25). The molecule has 0 aliphatic carbocycles. The number of nitrogens with one attached hydrogen (secondary N) is 1. The largest absolute Gasteiger partial charge is 0.573 e. The van der Waals surface area contributed by atoms with Gasteiger partial charge in [0.1, 0.15) is 10.6 Å². The van der Waals surface area contributed by atoms with Crippen molar-refractivity contribution in [1.29, 1.82) is 0 Å². The molecule has 0 saturated heterocycles. The van der Waals surface area contributed by atoms with Gasteiger partial charge in [-0.15, -0.1) is 24.5 Å². The number of aryl methyl sites for hydroxylation is 1. The molecule has 0 aliphatic heterocycles. The summed E-state index contributed by atoms with van der Waals surface area (Å²) in [6.45, 7) is 1.61. The number of thiophene rings is 1. The Morgan fingerprint density at radius 1 is 1.10 bits per heavy atom. The maximum atomic E-state index is 12.7. The van der Waals surface area contributed by atoms with Gasteiger partial charge in [0.2, 0.25) is 0 Å². The minimum Gasteiger partial charge on any atom is -0.477 e. The lowest BCUT2D eigenvalue weighted by Gasteiger charge is -2.09. The number of sulfonamides is 1. The van der Waals surface area contributed by atoms with Gasteiger partial charge in [-0.05, 0) is 54.4 Å². The van der Waals surface area contributed by atoms with E-state index in [1.54, 1.807) is 25.1 Å². The highest BCUT2D eigenvalue weighted by atomic mass is 32.2. The van der Waals surface area contributed by atoms with Crippen LogP contribution in [0.2, 0.25) is 0 Å². The number of carboxylic acid groups (broad SMARTS) is 1. The van der Waals surface area contributed by atoms with E-state index in [0.717, 1.165) is 23.5 Å². The van der Waals surface area contributed by atoms with Crippen molar-refractivity contribution in [2.24, 2.45) is 0 Å². The molecule has 0 atom stereocenters. The highest BCUT2D eigenvalue weighted by Gasteiger charge is 2.31. The van der Waals surface area contributed by atoms with Gasteiger partial charge in [0.05, 0.1) is 10.6 Å². The zero-order valence-electron chi connectivity index (χ0n) is 15.2. The van der Waals surface area contributed by atoms with E-state index < -0.39 is 28.1 Å². The molecule has 3 aromatic rings. The number of anilines is 1. The van der Waals surface area contributed by atoms with Crippen LogP contribution in [0.1, 0.15) is 15.2 Å². The second-order valence-electron chi connectivity index (χ2n) is 6.10. The fraction of sp³-hybridized carbons (Fsp3) is 0.105. The molecular weight excluding hydrogens is 443 g/mol. The fourth-order valence-electron chi connectivity index (χ4n) is 2.65. The van der Waals surface area contributed by atoms with Gasteiger partial charge < -0.3 is 9.84 Å². The molecule has 0 amide bonds. The van der Waals surface area contributed by atoms with E-state index in [4.69, 9.17) is 0 Å². The van der Waals surface area contributed by atoms with Gasteiger partial charge in [-0.1, -0.05) is 18.2 Å². The molecule has 0 unspecified atom stereocenters. The minimum absolute atomic E-state index is 0.00254. The van der Waals surface area contributed by atoms with Crippen molar-refractivity contribution in [3.63, 3.8) is 0 Å². The lowest BCUT2D eigenvalue weighted by Crippen LogP contribution is -2.16. The summed E-state index contributed by atoms with van der Waals surface area (Å²) in [5.41, 5.74) is 0.748. The van der Waals surface area contributed by atoms with Gasteiger partial charge in [0.15, 0.2) is 0 Å². The zero-order chi connectivity index (χ0) is 22.1. The predicted octanol–water partition coefficient (Wildman–Crippen LogP) is 5.12. The Hall–Kier alpha value is -3.05. The first-order valence-corrected chi connectivity index (χ1v) is 10.6. The summed E-state index contributed by atoms with van der Waals surface area (Å²) in [7, 11) is -4.05. The average Bonchev–Trinajstić information content (AvgIpc) is 3.04. The summed E-state index contributed by atoms with van der Waals surface area (Å²) in [6, 6.07) is 12.3. The van der Waals surface area contributed by atoms with Crippen LogP contribution in [-0.2, 0) is 10.0 Å². The van der Waals surface area contributed by atoms with Gasteiger partial charge in [0, 0.05) is 4.88 Å². The Morgan fingerprint density at radius 2 is 1.73 bits per heavy atom. The Balaban J connectivity index is 1.94. The molecule has 30 heavy (non-hydrogen) atoms. The van der Waals surface area contributed by atoms with Crippen LogP contribution < -0.4 is 9.46 Å². The van der Waals surface area contributed by atoms with E-state index in [-0.39, 0.29) is 15.5 Å². The van der Waals surface area contributed by atoms with E-state index in [1.807, 2.05) is 0 Å². The van der Waals surface area contributed by atoms with Crippen LogP contribution in [0.4, 0.5) is 18.9 Å². The average molecular weight is 457 g/mol. The number of aromatic carboxylic acids is 1. The van der Waals surface area contributed by atoms with Crippen molar-refractivity contribution in [1.82, 2.24) is 0 Å². The normalized spacial score (nSPS) is 11.9. The van der Waals surface area contributed by atoms with Crippen molar-refractivity contribution >= 4 is 33.0 Å². The molecule has 2 N–H and O–H groups in total. The van der Waals surface area contributed by atoms with E-state index in [0.29, 0.717) is 16.0 Å². The van der Waals surface area contributed by atoms with Crippen LogP contribution in [0, 0.1) is 6.92 Å². The Kier molecular flexibility index (Phi) is 5.77. The first-order chi connectivity index (χ1) is 14.0. The van der Waals surface area contributed by atoms with Gasteiger partial charge in [-0.3, -0.25) is 4.72 Å². The molecule has 11 heteroatoms. The number of rotatable bonds is 6. The fourth-order valence-corrected chi connectivity index (χ4v) is 4.98. The van der Waals surface area contributed by atoms with Crippen LogP contribution in [-0.4, -0.2) is 25.9 Å². The number of alkyl halides is 3. The van der Waals surface area contributed by atoms with Gasteiger partial charge in [-0.2, -0.15) is 0 Å². The third kappa shape index (κ3) is 4.92. The van der Waals surface area contributed by atoms with Crippen LogP contribution in [0.5, 0.6) is 5.75 Å². The topological polar surface area (TPSA) is 92.7 Å². The smallest absolute Gasteiger partial charge is 0.477 e. The number of ether oxygens (including phenoxy) is 1. The quantitative estimate of drug-likeness (QED) is 0.536. The highest BCUT2D eigenvalue weighted by molar-refractivity contribution is 7.92. The van der Waals surface area contributed by atoms with Gasteiger partial charge >= 0.3 is 12.3 Å². The SMILES string of the molecule is Cc1ccccc1S(=O)(=O)Nc1cc(-c2ccc(OC(F)(F)F)cc2)sc1C(=O)O. The van der Waals surface area contributed by atoms with Gasteiger partial charge in [-0.25, -0.2) is 13.2 Å². The Morgan fingerprint density at radius 3 is 2.30 bits per heavy atom. The summed E-state index contributed by atoms with van der Waals surface area (Å²) < 4.78 is 68.3. The second-order valence-corrected chi connectivity index (χ2v) is 8.80. The number of halogens is 3. The summed E-state index contributed by atoms with van der Waals surface area (Å²) >= 11 is 0.790. The molecule has 0 saturated carbocycles. The third-order valence-electron chi connectivity index (χ3n) is 3.93. The van der Waals surface area contributed by atoms with Crippen molar-refractivity contribution in [3.8, 4) is 16.2 Å². The lowest BCUT2D eigenvalue weighted by atomic mass is 10.2. The number of carboxylic acids is 1. The van der Waals surface area contributed by atoms with Crippen molar-refractivity contribution in [2.45, 2.75) is 18.2 Å². The molecule has 0 radical (unpaired) electrons. The number of carbonyl (C=O) groups is 1. The molecule has 1 heterocycles. The molecule has 0 aliphatic rings. The monoisotopic (exact) mass is 457 g/mol. The first kappa shape index (κ1) is 21.7. The molecule has 0 bridgehead atoms. The third-order valence-corrected chi connectivity index (χ3v) is 6.62. The van der Waals surface area contributed by atoms with E-state index >= 15 is 0 Å². The molecular formula is C19H14F3NO5S2. The van der Waals surface area contributed by atoms with E-state index in [1.165, 1.54) is 24.3 Å². The van der Waals surface area contributed by atoms with Crippen molar-refractivity contribution in [3.05, 3.63) is 65.0 Å². The van der Waals surface area contributed by atoms with Crippen LogP contribution in [0.25, 0.3) is 10.4 Å². The Labute approximate surface area is 173 Å². The van der Waals surface area contributed by atoms with Crippen LogP contribution in [0.15, 0.2) is 59.5 Å². The van der Waals surface area contributed by atoms with Crippen molar-refractivity contribution in [2.75, 3.05) is 4.72 Å². The molecule has 1 aromatic heterocycles.